The number of rotatable bonds is 9. The van der Waals surface area contributed by atoms with Crippen LogP contribution in [0.25, 0.3) is 22.8 Å². The number of fused-ring (bicyclic) bond motifs is 1. The van der Waals surface area contributed by atoms with E-state index in [0.717, 1.165) is 31.4 Å². The maximum Gasteiger partial charge on any atom is 0.258 e. The molecule has 7 nitrogen and oxygen atoms in total. The van der Waals surface area contributed by atoms with E-state index in [1.165, 1.54) is 11.1 Å². The molecular formula is C26H28N4O3. The van der Waals surface area contributed by atoms with Crippen LogP contribution in [0.1, 0.15) is 62.8 Å². The van der Waals surface area contributed by atoms with Crippen LogP contribution in [-0.2, 0) is 11.2 Å². The van der Waals surface area contributed by atoms with Gasteiger partial charge in [-0.15, -0.1) is 0 Å². The number of ketones is 1. The van der Waals surface area contributed by atoms with Crippen molar-refractivity contribution >= 4 is 5.78 Å². The first-order chi connectivity index (χ1) is 16.0. The number of Topliss-reactive ketones (excluding diaryl/α,β-unsaturated/α-hetero) is 1. The van der Waals surface area contributed by atoms with Crippen molar-refractivity contribution in [3.63, 3.8) is 0 Å². The van der Waals surface area contributed by atoms with E-state index in [1.54, 1.807) is 19.1 Å². The second-order valence-electron chi connectivity index (χ2n) is 8.64. The Labute approximate surface area is 193 Å². The fourth-order valence-electron chi connectivity index (χ4n) is 4.25. The quantitative estimate of drug-likeness (QED) is 0.463. The standard InChI is InChI=1S/C26H28N4O3/c1-16(2)32-24-12-9-18(14-19(24)15-27)26-29-25(30-33-26)22-8-4-7-21-20(22)10-11-23(21)28-13-5-6-17(3)31/h4,7-9,12,14,16,23,28H,5-6,10-11,13H2,1-3H3/t23-/m1/s1. The molecule has 0 aliphatic heterocycles. The molecule has 1 atom stereocenters. The van der Waals surface area contributed by atoms with Crippen molar-refractivity contribution < 1.29 is 14.1 Å². The van der Waals surface area contributed by atoms with Crippen molar-refractivity contribution in [1.82, 2.24) is 15.5 Å². The molecule has 170 valence electrons. The number of carbonyl (C=O) groups is 1. The number of nitrogens with one attached hydrogen (secondary N) is 1. The average Bonchev–Trinajstić information content (AvgIpc) is 3.44. The van der Waals surface area contributed by atoms with Gasteiger partial charge in [-0.25, -0.2) is 0 Å². The molecule has 1 N–H and O–H groups in total. The van der Waals surface area contributed by atoms with E-state index in [2.05, 4.69) is 27.6 Å². The summed E-state index contributed by atoms with van der Waals surface area (Å²) in [6.45, 7) is 6.29. The first-order valence-electron chi connectivity index (χ1n) is 11.4. The second kappa shape index (κ2) is 9.97. The van der Waals surface area contributed by atoms with Crippen LogP contribution in [0.15, 0.2) is 40.9 Å². The minimum atomic E-state index is -0.0226. The summed E-state index contributed by atoms with van der Waals surface area (Å²) < 4.78 is 11.3. The van der Waals surface area contributed by atoms with Crippen LogP contribution in [-0.4, -0.2) is 28.6 Å². The van der Waals surface area contributed by atoms with Crippen LogP contribution in [0.3, 0.4) is 0 Å². The fraction of sp³-hybridized carbons (Fsp3) is 0.385. The summed E-state index contributed by atoms with van der Waals surface area (Å²) in [6.07, 6.45) is 3.36. The van der Waals surface area contributed by atoms with Crippen LogP contribution in [0.4, 0.5) is 0 Å². The summed E-state index contributed by atoms with van der Waals surface area (Å²) in [7, 11) is 0. The molecular weight excluding hydrogens is 416 g/mol. The van der Waals surface area contributed by atoms with Gasteiger partial charge in [-0.3, -0.25) is 0 Å². The van der Waals surface area contributed by atoms with Crippen molar-refractivity contribution in [2.75, 3.05) is 6.54 Å². The molecule has 0 fully saturated rings. The molecule has 0 spiro atoms. The number of aromatic nitrogens is 2. The van der Waals surface area contributed by atoms with Crippen LogP contribution in [0.5, 0.6) is 5.75 Å². The number of benzene rings is 2. The van der Waals surface area contributed by atoms with E-state index >= 15 is 0 Å². The van der Waals surface area contributed by atoms with Crippen molar-refractivity contribution in [2.24, 2.45) is 0 Å². The molecule has 2 aromatic carbocycles. The van der Waals surface area contributed by atoms with Gasteiger partial charge in [0.25, 0.3) is 5.89 Å². The number of hydrogen-bond acceptors (Lipinski definition) is 7. The van der Waals surface area contributed by atoms with Gasteiger partial charge in [0.1, 0.15) is 17.6 Å². The highest BCUT2D eigenvalue weighted by molar-refractivity contribution is 5.75. The minimum absolute atomic E-state index is 0.0226. The molecule has 0 unspecified atom stereocenters. The Balaban J connectivity index is 1.54. The highest BCUT2D eigenvalue weighted by Crippen LogP contribution is 2.37. The zero-order chi connectivity index (χ0) is 23.4. The van der Waals surface area contributed by atoms with Crippen molar-refractivity contribution in [1.29, 1.82) is 5.26 Å². The Hall–Kier alpha value is -3.50. The Morgan fingerprint density at radius 1 is 1.33 bits per heavy atom. The smallest absolute Gasteiger partial charge is 0.258 e. The first-order valence-corrected chi connectivity index (χ1v) is 11.4. The molecule has 1 aliphatic carbocycles. The number of carbonyl (C=O) groups excluding carboxylic acids is 1. The number of ether oxygens (including phenoxy) is 1. The lowest BCUT2D eigenvalue weighted by Crippen LogP contribution is -2.20. The van der Waals surface area contributed by atoms with Gasteiger partial charge in [-0.05, 0) is 75.9 Å². The van der Waals surface area contributed by atoms with Gasteiger partial charge in [0.2, 0.25) is 5.82 Å². The second-order valence-corrected chi connectivity index (χ2v) is 8.64. The van der Waals surface area contributed by atoms with E-state index in [4.69, 9.17) is 9.26 Å². The van der Waals surface area contributed by atoms with Crippen LogP contribution in [0, 0.1) is 11.3 Å². The van der Waals surface area contributed by atoms with Gasteiger partial charge in [-0.1, -0.05) is 23.4 Å². The van der Waals surface area contributed by atoms with Crippen LogP contribution in [0.2, 0.25) is 0 Å². The number of nitrogens with zero attached hydrogens (tertiary/aromatic N) is 3. The van der Waals surface area contributed by atoms with E-state index in [9.17, 15) is 10.1 Å². The zero-order valence-electron chi connectivity index (χ0n) is 19.2. The Morgan fingerprint density at radius 3 is 2.94 bits per heavy atom. The van der Waals surface area contributed by atoms with Crippen LogP contribution < -0.4 is 10.1 Å². The predicted octanol–water partition coefficient (Wildman–Crippen LogP) is 5.01. The SMILES string of the molecule is CC(=O)CCCN[C@@H]1CCc2c(-c3noc(-c4ccc(OC(C)C)c(C#N)c4)n3)cccc21. The topological polar surface area (TPSA) is 101 Å². The Kier molecular flexibility index (Phi) is 6.85. The molecule has 0 radical (unpaired) electrons. The summed E-state index contributed by atoms with van der Waals surface area (Å²) >= 11 is 0. The average molecular weight is 445 g/mol. The van der Waals surface area contributed by atoms with Gasteiger partial charge < -0.3 is 19.4 Å². The van der Waals surface area contributed by atoms with Gasteiger partial charge in [-0.2, -0.15) is 10.2 Å². The van der Waals surface area contributed by atoms with Crippen molar-refractivity contribution in [3.05, 3.63) is 53.1 Å². The molecule has 0 saturated heterocycles. The Bertz CT molecular complexity index is 1190. The largest absolute Gasteiger partial charge is 0.490 e. The lowest BCUT2D eigenvalue weighted by molar-refractivity contribution is -0.117. The highest BCUT2D eigenvalue weighted by atomic mass is 16.5. The third-order valence-electron chi connectivity index (χ3n) is 5.74. The summed E-state index contributed by atoms with van der Waals surface area (Å²) in [4.78, 5) is 15.8. The maximum absolute atomic E-state index is 11.2. The van der Waals surface area contributed by atoms with E-state index < -0.39 is 0 Å². The third kappa shape index (κ3) is 5.12. The zero-order valence-corrected chi connectivity index (χ0v) is 19.2. The molecule has 3 aromatic rings. The van der Waals surface area contributed by atoms with Gasteiger partial charge in [0, 0.05) is 23.6 Å². The van der Waals surface area contributed by atoms with Gasteiger partial charge in [0.05, 0.1) is 11.7 Å². The summed E-state index contributed by atoms with van der Waals surface area (Å²) in [5.74, 6) is 1.67. The fourth-order valence-corrected chi connectivity index (χ4v) is 4.25. The number of hydrogen-bond donors (Lipinski definition) is 1. The lowest BCUT2D eigenvalue weighted by atomic mass is 10.0. The number of nitriles is 1. The first kappa shape index (κ1) is 22.7. The van der Waals surface area contributed by atoms with Gasteiger partial charge >= 0.3 is 0 Å². The molecule has 7 heteroatoms. The van der Waals surface area contributed by atoms with Gasteiger partial charge in [0.15, 0.2) is 0 Å². The summed E-state index contributed by atoms with van der Waals surface area (Å²) in [6, 6.07) is 13.9. The normalized spacial score (nSPS) is 14.8. The van der Waals surface area contributed by atoms with Crippen molar-refractivity contribution in [3.8, 4) is 34.7 Å². The third-order valence-corrected chi connectivity index (χ3v) is 5.74. The predicted molar refractivity (Wildman–Crippen MR) is 125 cm³/mol. The molecule has 1 aliphatic rings. The Morgan fingerprint density at radius 2 is 2.18 bits per heavy atom. The molecule has 1 heterocycles. The van der Waals surface area contributed by atoms with Crippen LogP contribution >= 0.6 is 0 Å². The molecule has 1 aromatic heterocycles. The van der Waals surface area contributed by atoms with E-state index in [-0.39, 0.29) is 17.9 Å². The van der Waals surface area contributed by atoms with Crippen molar-refractivity contribution in [2.45, 2.75) is 58.6 Å². The monoisotopic (exact) mass is 444 g/mol. The highest BCUT2D eigenvalue weighted by Gasteiger charge is 2.26. The van der Waals surface area contributed by atoms with E-state index in [0.29, 0.717) is 35.0 Å². The molecule has 0 bridgehead atoms. The molecule has 0 amide bonds. The summed E-state index contributed by atoms with van der Waals surface area (Å²) in [5.41, 5.74) is 4.56. The van der Waals surface area contributed by atoms with E-state index in [1.807, 2.05) is 32.0 Å². The molecule has 33 heavy (non-hydrogen) atoms. The maximum atomic E-state index is 11.2. The lowest BCUT2D eigenvalue weighted by Gasteiger charge is -2.14. The molecule has 0 saturated carbocycles. The summed E-state index contributed by atoms with van der Waals surface area (Å²) in [5, 5.41) is 17.3. The minimum Gasteiger partial charge on any atom is -0.490 e. The molecule has 4 rings (SSSR count).